The SMILES string of the molecule is O=C(Cc1ccccc1Cl)NCCn1nc(-c2cccnc2)n(C2CC2)c1=O. The Morgan fingerprint density at radius 3 is 2.75 bits per heavy atom. The fourth-order valence-corrected chi connectivity index (χ4v) is 3.30. The van der Waals surface area contributed by atoms with Crippen molar-refractivity contribution in [3.8, 4) is 11.4 Å². The van der Waals surface area contributed by atoms with Crippen molar-refractivity contribution in [2.45, 2.75) is 31.8 Å². The molecule has 1 amide bonds. The van der Waals surface area contributed by atoms with Gasteiger partial charge in [0, 0.05) is 35.6 Å². The zero-order valence-electron chi connectivity index (χ0n) is 15.2. The molecule has 1 aromatic carbocycles. The molecule has 7 nitrogen and oxygen atoms in total. The van der Waals surface area contributed by atoms with Crippen LogP contribution < -0.4 is 11.0 Å². The Morgan fingerprint density at radius 2 is 2.04 bits per heavy atom. The molecule has 1 fully saturated rings. The summed E-state index contributed by atoms with van der Waals surface area (Å²) in [6.45, 7) is 0.622. The molecule has 1 saturated carbocycles. The monoisotopic (exact) mass is 397 g/mol. The van der Waals surface area contributed by atoms with E-state index in [9.17, 15) is 9.59 Å². The third-order valence-electron chi connectivity index (χ3n) is 4.66. The number of amides is 1. The number of hydrogen-bond acceptors (Lipinski definition) is 4. The predicted octanol–water partition coefficient (Wildman–Crippen LogP) is 2.45. The lowest BCUT2D eigenvalue weighted by atomic mass is 10.1. The smallest absolute Gasteiger partial charge is 0.346 e. The lowest BCUT2D eigenvalue weighted by Gasteiger charge is -2.06. The molecule has 28 heavy (non-hydrogen) atoms. The van der Waals surface area contributed by atoms with Crippen LogP contribution in [0, 0.1) is 0 Å². The third-order valence-corrected chi connectivity index (χ3v) is 5.03. The van der Waals surface area contributed by atoms with E-state index in [0.29, 0.717) is 23.9 Å². The summed E-state index contributed by atoms with van der Waals surface area (Å²) in [6.07, 6.45) is 5.55. The lowest BCUT2D eigenvalue weighted by molar-refractivity contribution is -0.120. The molecular weight excluding hydrogens is 378 g/mol. The second kappa shape index (κ2) is 7.98. The number of hydrogen-bond donors (Lipinski definition) is 1. The van der Waals surface area contributed by atoms with Crippen molar-refractivity contribution in [2.24, 2.45) is 0 Å². The summed E-state index contributed by atoms with van der Waals surface area (Å²) in [6, 6.07) is 11.2. The van der Waals surface area contributed by atoms with Crippen molar-refractivity contribution >= 4 is 17.5 Å². The van der Waals surface area contributed by atoms with Crippen LogP contribution in [0.2, 0.25) is 5.02 Å². The molecule has 2 aromatic heterocycles. The largest absolute Gasteiger partial charge is 0.354 e. The van der Waals surface area contributed by atoms with E-state index >= 15 is 0 Å². The van der Waals surface area contributed by atoms with Crippen molar-refractivity contribution in [1.29, 1.82) is 0 Å². The number of aromatic nitrogens is 4. The number of nitrogens with one attached hydrogen (secondary N) is 1. The van der Waals surface area contributed by atoms with Gasteiger partial charge in [0.15, 0.2) is 5.82 Å². The average molecular weight is 398 g/mol. The van der Waals surface area contributed by atoms with E-state index in [1.54, 1.807) is 23.0 Å². The van der Waals surface area contributed by atoms with E-state index in [1.807, 2.05) is 30.3 Å². The highest BCUT2D eigenvalue weighted by molar-refractivity contribution is 6.31. The first-order chi connectivity index (χ1) is 13.6. The summed E-state index contributed by atoms with van der Waals surface area (Å²) in [4.78, 5) is 29.1. The van der Waals surface area contributed by atoms with Crippen LogP contribution in [0.1, 0.15) is 24.4 Å². The normalized spacial score (nSPS) is 13.5. The molecule has 0 bridgehead atoms. The number of rotatable bonds is 7. The van der Waals surface area contributed by atoms with E-state index in [1.165, 1.54) is 4.68 Å². The molecule has 8 heteroatoms. The van der Waals surface area contributed by atoms with Gasteiger partial charge in [-0.25, -0.2) is 9.48 Å². The molecule has 0 spiro atoms. The van der Waals surface area contributed by atoms with E-state index in [4.69, 9.17) is 11.6 Å². The molecule has 1 aliphatic rings. The van der Waals surface area contributed by atoms with Crippen molar-refractivity contribution in [2.75, 3.05) is 6.54 Å². The number of benzene rings is 1. The minimum atomic E-state index is -0.151. The molecule has 1 aliphatic carbocycles. The molecule has 0 radical (unpaired) electrons. The van der Waals surface area contributed by atoms with Crippen LogP contribution in [0.3, 0.4) is 0 Å². The topological polar surface area (TPSA) is 81.8 Å². The van der Waals surface area contributed by atoms with Crippen LogP contribution in [0.25, 0.3) is 11.4 Å². The predicted molar refractivity (Wildman–Crippen MR) is 106 cm³/mol. The maximum Gasteiger partial charge on any atom is 0.346 e. The van der Waals surface area contributed by atoms with Crippen molar-refractivity contribution < 1.29 is 4.79 Å². The van der Waals surface area contributed by atoms with Gasteiger partial charge < -0.3 is 5.32 Å². The Morgan fingerprint density at radius 1 is 1.21 bits per heavy atom. The van der Waals surface area contributed by atoms with Crippen LogP contribution in [0.5, 0.6) is 0 Å². The number of nitrogens with zero attached hydrogens (tertiary/aromatic N) is 4. The number of pyridine rings is 1. The Kier molecular flexibility index (Phi) is 5.25. The molecular formula is C20H20ClN5O2. The van der Waals surface area contributed by atoms with Gasteiger partial charge in [-0.3, -0.25) is 14.3 Å². The summed E-state index contributed by atoms with van der Waals surface area (Å²) >= 11 is 6.09. The Hall–Kier alpha value is -2.93. The van der Waals surface area contributed by atoms with Crippen LogP contribution >= 0.6 is 11.6 Å². The number of carbonyl (C=O) groups excluding carboxylic acids is 1. The molecule has 2 heterocycles. The van der Waals surface area contributed by atoms with E-state index in [-0.39, 0.29) is 24.1 Å². The molecule has 0 atom stereocenters. The molecule has 0 unspecified atom stereocenters. The summed E-state index contributed by atoms with van der Waals surface area (Å²) in [5, 5.41) is 7.89. The maximum atomic E-state index is 12.8. The van der Waals surface area contributed by atoms with Gasteiger partial charge in [-0.05, 0) is 36.6 Å². The van der Waals surface area contributed by atoms with Gasteiger partial charge in [-0.1, -0.05) is 29.8 Å². The molecule has 0 saturated heterocycles. The minimum absolute atomic E-state index is 0.143. The van der Waals surface area contributed by atoms with Crippen molar-refractivity contribution in [1.82, 2.24) is 24.6 Å². The summed E-state index contributed by atoms with van der Waals surface area (Å²) in [5.74, 6) is 0.484. The zero-order valence-corrected chi connectivity index (χ0v) is 16.0. The van der Waals surface area contributed by atoms with Crippen molar-refractivity contribution in [3.63, 3.8) is 0 Å². The minimum Gasteiger partial charge on any atom is -0.354 e. The molecule has 1 N–H and O–H groups in total. The fraction of sp³-hybridized carbons (Fsp3) is 0.300. The lowest BCUT2D eigenvalue weighted by Crippen LogP contribution is -2.32. The van der Waals surface area contributed by atoms with Crippen LogP contribution in [-0.2, 0) is 17.8 Å². The van der Waals surface area contributed by atoms with Gasteiger partial charge in [0.1, 0.15) is 0 Å². The fourth-order valence-electron chi connectivity index (χ4n) is 3.10. The summed E-state index contributed by atoms with van der Waals surface area (Å²) in [5.41, 5.74) is 1.44. The highest BCUT2D eigenvalue weighted by atomic mass is 35.5. The Balaban J connectivity index is 1.43. The number of carbonyl (C=O) groups is 1. The zero-order chi connectivity index (χ0) is 19.5. The van der Waals surface area contributed by atoms with E-state index in [0.717, 1.165) is 24.0 Å². The van der Waals surface area contributed by atoms with Gasteiger partial charge in [-0.2, -0.15) is 0 Å². The summed E-state index contributed by atoms with van der Waals surface area (Å²) < 4.78 is 3.15. The van der Waals surface area contributed by atoms with Gasteiger partial charge in [0.05, 0.1) is 13.0 Å². The second-order valence-corrected chi connectivity index (χ2v) is 7.20. The first-order valence-electron chi connectivity index (χ1n) is 9.23. The number of halogens is 1. The molecule has 0 aliphatic heterocycles. The average Bonchev–Trinajstić information content (AvgIpc) is 3.48. The quantitative estimate of drug-likeness (QED) is 0.664. The highest BCUT2D eigenvalue weighted by Crippen LogP contribution is 2.36. The van der Waals surface area contributed by atoms with Gasteiger partial charge >= 0.3 is 5.69 Å². The van der Waals surface area contributed by atoms with E-state index in [2.05, 4.69) is 15.4 Å². The second-order valence-electron chi connectivity index (χ2n) is 6.79. The van der Waals surface area contributed by atoms with Crippen LogP contribution in [0.4, 0.5) is 0 Å². The van der Waals surface area contributed by atoms with E-state index < -0.39 is 0 Å². The van der Waals surface area contributed by atoms with Gasteiger partial charge in [0.25, 0.3) is 0 Å². The first kappa shape index (κ1) is 18.4. The maximum absolute atomic E-state index is 12.8. The summed E-state index contributed by atoms with van der Waals surface area (Å²) in [7, 11) is 0. The molecule has 3 aromatic rings. The van der Waals surface area contributed by atoms with Crippen LogP contribution in [-0.4, -0.2) is 31.8 Å². The molecule has 4 rings (SSSR count). The highest BCUT2D eigenvalue weighted by Gasteiger charge is 2.30. The van der Waals surface area contributed by atoms with Crippen molar-refractivity contribution in [3.05, 3.63) is 69.9 Å². The Bertz CT molecular complexity index is 1040. The van der Waals surface area contributed by atoms with Gasteiger partial charge in [-0.15, -0.1) is 5.10 Å². The van der Waals surface area contributed by atoms with Gasteiger partial charge in [0.2, 0.25) is 5.91 Å². The standard InChI is InChI=1S/C20H20ClN5O2/c21-17-6-2-1-4-14(17)12-18(27)23-10-11-25-20(28)26(16-7-8-16)19(24-25)15-5-3-9-22-13-15/h1-6,9,13,16H,7-8,10-12H2,(H,23,27). The third kappa shape index (κ3) is 3.99. The van der Waals surface area contributed by atoms with Crippen LogP contribution in [0.15, 0.2) is 53.6 Å². The first-order valence-corrected chi connectivity index (χ1v) is 9.61. The molecule has 144 valence electrons. The Labute approximate surface area is 167 Å².